The summed E-state index contributed by atoms with van der Waals surface area (Å²) < 4.78 is 5.52. The van der Waals surface area contributed by atoms with Crippen LogP contribution in [0.1, 0.15) is 23.6 Å². The van der Waals surface area contributed by atoms with Gasteiger partial charge in [0.05, 0.1) is 0 Å². The Morgan fingerprint density at radius 3 is 2.56 bits per heavy atom. The highest BCUT2D eigenvalue weighted by molar-refractivity contribution is 6.07. The lowest BCUT2D eigenvalue weighted by molar-refractivity contribution is -0.123. The first-order valence-corrected chi connectivity index (χ1v) is 8.52. The Hall–Kier alpha value is -3.35. The monoisotopic (exact) mass is 367 g/mol. The van der Waals surface area contributed by atoms with Crippen LogP contribution in [0, 0.1) is 13.8 Å². The van der Waals surface area contributed by atoms with Crippen LogP contribution in [-0.4, -0.2) is 24.5 Å². The lowest BCUT2D eigenvalue weighted by atomic mass is 9.92. The third-order valence-corrected chi connectivity index (χ3v) is 4.62. The Kier molecular flexibility index (Phi) is 4.85. The summed E-state index contributed by atoms with van der Waals surface area (Å²) in [6.07, 6.45) is 0. The number of hydrogen-bond acceptors (Lipinski definition) is 4. The average molecular weight is 367 g/mol. The number of amides is 4. The van der Waals surface area contributed by atoms with Gasteiger partial charge in [0.15, 0.2) is 6.61 Å². The molecule has 1 aliphatic rings. The minimum absolute atomic E-state index is 0.138. The van der Waals surface area contributed by atoms with E-state index in [0.29, 0.717) is 17.0 Å². The zero-order valence-corrected chi connectivity index (χ0v) is 15.4. The summed E-state index contributed by atoms with van der Waals surface area (Å²) in [6.45, 7) is 5.46. The van der Waals surface area contributed by atoms with E-state index in [0.717, 1.165) is 11.1 Å². The van der Waals surface area contributed by atoms with Crippen molar-refractivity contribution in [2.75, 3.05) is 11.9 Å². The number of urea groups is 1. The fourth-order valence-electron chi connectivity index (χ4n) is 2.80. The fraction of sp³-hybridized carbons (Fsp3) is 0.250. The van der Waals surface area contributed by atoms with Crippen LogP contribution in [0.25, 0.3) is 0 Å². The Morgan fingerprint density at radius 1 is 1.11 bits per heavy atom. The summed E-state index contributed by atoms with van der Waals surface area (Å²) in [5.41, 5.74) is 2.15. The molecule has 0 spiro atoms. The lowest BCUT2D eigenvalue weighted by Gasteiger charge is -2.21. The number of carbonyl (C=O) groups excluding carboxylic acids is 3. The largest absolute Gasteiger partial charge is 0.484 e. The molecule has 140 valence electrons. The highest BCUT2D eigenvalue weighted by Crippen LogP contribution is 2.26. The van der Waals surface area contributed by atoms with E-state index in [1.165, 1.54) is 0 Å². The second-order valence-corrected chi connectivity index (χ2v) is 6.70. The van der Waals surface area contributed by atoms with Crippen molar-refractivity contribution in [2.45, 2.75) is 26.3 Å². The van der Waals surface area contributed by atoms with Crippen molar-refractivity contribution < 1.29 is 19.1 Å². The molecule has 1 heterocycles. The molecular weight excluding hydrogens is 346 g/mol. The van der Waals surface area contributed by atoms with Crippen molar-refractivity contribution in [3.8, 4) is 5.75 Å². The first-order chi connectivity index (χ1) is 12.8. The Balaban J connectivity index is 1.65. The number of hydrogen-bond donors (Lipinski definition) is 3. The van der Waals surface area contributed by atoms with Crippen molar-refractivity contribution in [2.24, 2.45) is 0 Å². The smallest absolute Gasteiger partial charge is 0.322 e. The van der Waals surface area contributed by atoms with Gasteiger partial charge in [-0.05, 0) is 61.7 Å². The molecule has 0 saturated carbocycles. The van der Waals surface area contributed by atoms with Crippen LogP contribution in [0.15, 0.2) is 42.5 Å². The third kappa shape index (κ3) is 3.92. The molecule has 1 atom stereocenters. The number of aryl methyl sites for hydroxylation is 2. The van der Waals surface area contributed by atoms with Gasteiger partial charge in [-0.15, -0.1) is 0 Å². The number of anilines is 1. The number of imide groups is 1. The van der Waals surface area contributed by atoms with E-state index in [9.17, 15) is 14.4 Å². The van der Waals surface area contributed by atoms with E-state index in [1.54, 1.807) is 31.2 Å². The quantitative estimate of drug-likeness (QED) is 0.707. The molecule has 3 N–H and O–H groups in total. The molecule has 27 heavy (non-hydrogen) atoms. The standard InChI is InChI=1S/C20H21N3O4/c1-12-7-8-16(9-13(12)2)27-11-17(24)21-15-6-4-5-14(10-15)20(3)18(25)22-19(26)23-20/h4-10H,11H2,1-3H3,(H,21,24)(H2,22,23,25,26)/t20-/m1/s1. The second kappa shape index (κ2) is 7.11. The number of carbonyl (C=O) groups is 3. The molecule has 0 aromatic heterocycles. The second-order valence-electron chi connectivity index (χ2n) is 6.70. The maximum atomic E-state index is 12.2. The Bertz CT molecular complexity index is 925. The summed E-state index contributed by atoms with van der Waals surface area (Å²) in [7, 11) is 0. The van der Waals surface area contributed by atoms with Gasteiger partial charge in [0, 0.05) is 5.69 Å². The molecule has 3 rings (SSSR count). The predicted molar refractivity (Wildman–Crippen MR) is 101 cm³/mol. The van der Waals surface area contributed by atoms with Crippen molar-refractivity contribution in [3.63, 3.8) is 0 Å². The average Bonchev–Trinajstić information content (AvgIpc) is 2.89. The molecule has 0 radical (unpaired) electrons. The predicted octanol–water partition coefficient (Wildman–Crippen LogP) is 2.38. The number of ether oxygens (including phenoxy) is 1. The van der Waals surface area contributed by atoms with Crippen molar-refractivity contribution >= 4 is 23.5 Å². The molecular formula is C20H21N3O4. The van der Waals surface area contributed by atoms with Crippen LogP contribution >= 0.6 is 0 Å². The maximum Gasteiger partial charge on any atom is 0.322 e. The number of rotatable bonds is 5. The van der Waals surface area contributed by atoms with Crippen LogP contribution in [0.2, 0.25) is 0 Å². The highest BCUT2D eigenvalue weighted by atomic mass is 16.5. The molecule has 1 aliphatic heterocycles. The van der Waals surface area contributed by atoms with Gasteiger partial charge in [-0.25, -0.2) is 4.79 Å². The molecule has 0 bridgehead atoms. The molecule has 1 saturated heterocycles. The molecule has 0 aliphatic carbocycles. The van der Waals surface area contributed by atoms with Gasteiger partial charge >= 0.3 is 6.03 Å². The fourth-order valence-corrected chi connectivity index (χ4v) is 2.80. The lowest BCUT2D eigenvalue weighted by Crippen LogP contribution is -2.40. The summed E-state index contributed by atoms with van der Waals surface area (Å²) in [4.78, 5) is 35.7. The van der Waals surface area contributed by atoms with Crippen molar-refractivity contribution in [1.29, 1.82) is 0 Å². The molecule has 1 fully saturated rings. The van der Waals surface area contributed by atoms with E-state index in [1.807, 2.05) is 32.0 Å². The number of nitrogens with one attached hydrogen (secondary N) is 3. The summed E-state index contributed by atoms with van der Waals surface area (Å²) in [6, 6.07) is 11.9. The van der Waals surface area contributed by atoms with Gasteiger partial charge in [-0.3, -0.25) is 14.9 Å². The van der Waals surface area contributed by atoms with Gasteiger partial charge < -0.3 is 15.4 Å². The zero-order valence-electron chi connectivity index (χ0n) is 15.4. The summed E-state index contributed by atoms with van der Waals surface area (Å²) >= 11 is 0. The zero-order chi connectivity index (χ0) is 19.6. The van der Waals surface area contributed by atoms with Crippen LogP contribution < -0.4 is 20.7 Å². The normalized spacial score (nSPS) is 18.6. The Labute approximate surface area is 157 Å². The first kappa shape index (κ1) is 18.4. The van der Waals surface area contributed by atoms with Gasteiger partial charge in [-0.2, -0.15) is 0 Å². The molecule has 2 aromatic carbocycles. The van der Waals surface area contributed by atoms with Crippen LogP contribution in [-0.2, 0) is 15.1 Å². The van der Waals surface area contributed by atoms with Gasteiger partial charge in [0.1, 0.15) is 11.3 Å². The van der Waals surface area contributed by atoms with Crippen LogP contribution in [0.5, 0.6) is 5.75 Å². The first-order valence-electron chi connectivity index (χ1n) is 8.52. The van der Waals surface area contributed by atoms with Crippen LogP contribution in [0.4, 0.5) is 10.5 Å². The van der Waals surface area contributed by atoms with Gasteiger partial charge in [-0.1, -0.05) is 18.2 Å². The molecule has 7 nitrogen and oxygen atoms in total. The third-order valence-electron chi connectivity index (χ3n) is 4.62. The summed E-state index contributed by atoms with van der Waals surface area (Å²) in [5.74, 6) is -0.135. The molecule has 4 amide bonds. The number of benzene rings is 2. The van der Waals surface area contributed by atoms with Crippen molar-refractivity contribution in [3.05, 3.63) is 59.2 Å². The topological polar surface area (TPSA) is 96.5 Å². The van der Waals surface area contributed by atoms with Gasteiger partial charge in [0.2, 0.25) is 0 Å². The van der Waals surface area contributed by atoms with E-state index in [4.69, 9.17) is 4.74 Å². The molecule has 0 unspecified atom stereocenters. The minimum atomic E-state index is -1.17. The maximum absolute atomic E-state index is 12.2. The van der Waals surface area contributed by atoms with E-state index >= 15 is 0 Å². The van der Waals surface area contributed by atoms with Crippen LogP contribution in [0.3, 0.4) is 0 Å². The van der Waals surface area contributed by atoms with Crippen molar-refractivity contribution in [1.82, 2.24) is 10.6 Å². The summed E-state index contributed by atoms with van der Waals surface area (Å²) in [5, 5.41) is 7.55. The SMILES string of the molecule is Cc1ccc(OCC(=O)Nc2cccc([C@@]3(C)NC(=O)NC3=O)c2)cc1C. The Morgan fingerprint density at radius 2 is 1.89 bits per heavy atom. The van der Waals surface area contributed by atoms with E-state index < -0.39 is 17.5 Å². The van der Waals surface area contributed by atoms with E-state index in [-0.39, 0.29) is 12.5 Å². The highest BCUT2D eigenvalue weighted by Gasteiger charge is 2.43. The molecule has 7 heteroatoms. The molecule has 2 aromatic rings. The minimum Gasteiger partial charge on any atom is -0.484 e. The van der Waals surface area contributed by atoms with Gasteiger partial charge in [0.25, 0.3) is 11.8 Å². The van der Waals surface area contributed by atoms with E-state index in [2.05, 4.69) is 16.0 Å².